The topological polar surface area (TPSA) is 136 Å². The van der Waals surface area contributed by atoms with Gasteiger partial charge in [0.1, 0.15) is 12.4 Å². The summed E-state index contributed by atoms with van der Waals surface area (Å²) in [4.78, 5) is 28.7. The molecule has 0 aliphatic carbocycles. The summed E-state index contributed by atoms with van der Waals surface area (Å²) < 4.78 is 11.8. The number of pyridine rings is 1. The molecule has 41 heavy (non-hydrogen) atoms. The maximum atomic E-state index is 12.6. The van der Waals surface area contributed by atoms with Crippen molar-refractivity contribution >= 4 is 23.2 Å². The summed E-state index contributed by atoms with van der Waals surface area (Å²) in [5.74, 6) is 0.379. The number of aromatic nitrogens is 3. The summed E-state index contributed by atoms with van der Waals surface area (Å²) in [6.07, 6.45) is 4.06. The lowest BCUT2D eigenvalue weighted by Gasteiger charge is -2.40. The van der Waals surface area contributed by atoms with Crippen LogP contribution in [0, 0.1) is 12.3 Å². The Balaban J connectivity index is 1.68. The van der Waals surface area contributed by atoms with Gasteiger partial charge in [0.2, 0.25) is 0 Å². The molecular weight excluding hydrogens is 520 g/mol. The van der Waals surface area contributed by atoms with E-state index in [2.05, 4.69) is 39.0 Å². The van der Waals surface area contributed by atoms with E-state index in [1.807, 2.05) is 58.0 Å². The first-order chi connectivity index (χ1) is 19.3. The van der Waals surface area contributed by atoms with Crippen LogP contribution in [-0.4, -0.2) is 57.9 Å². The fraction of sp³-hybridized carbons (Fsp3) is 0.484. The van der Waals surface area contributed by atoms with Gasteiger partial charge in [-0.05, 0) is 58.1 Å². The Hall–Kier alpha value is -3.92. The van der Waals surface area contributed by atoms with Gasteiger partial charge in [-0.25, -0.2) is 14.8 Å². The molecule has 4 N–H and O–H groups in total. The SMILES string of the molecule is Cc1ncc(-c2ncc(NCCOc3ccccc3)c(N)n2)c(N2CCC(C)(C)CC2)c1[C@H](OC(C)(C)C)C(=O)O. The zero-order valence-electron chi connectivity index (χ0n) is 24.9. The third-order valence-corrected chi connectivity index (χ3v) is 7.17. The number of aryl methyl sites for hydroxylation is 1. The molecule has 10 nitrogen and oxygen atoms in total. The van der Waals surface area contributed by atoms with Crippen LogP contribution in [0.1, 0.15) is 64.8 Å². The number of nitrogens with one attached hydrogen (secondary N) is 1. The predicted octanol–water partition coefficient (Wildman–Crippen LogP) is 5.49. The van der Waals surface area contributed by atoms with Crippen molar-refractivity contribution in [1.82, 2.24) is 15.0 Å². The first kappa shape index (κ1) is 30.0. The minimum absolute atomic E-state index is 0.200. The molecule has 220 valence electrons. The van der Waals surface area contributed by atoms with Crippen LogP contribution in [0.2, 0.25) is 0 Å². The number of rotatable bonds is 10. The number of hydrogen-bond acceptors (Lipinski definition) is 9. The Morgan fingerprint density at radius 3 is 2.44 bits per heavy atom. The van der Waals surface area contributed by atoms with Crippen molar-refractivity contribution in [2.75, 3.05) is 42.2 Å². The van der Waals surface area contributed by atoms with E-state index >= 15 is 0 Å². The highest BCUT2D eigenvalue weighted by atomic mass is 16.5. The highest BCUT2D eigenvalue weighted by Gasteiger charge is 2.36. The molecule has 10 heteroatoms. The molecule has 4 rings (SSSR count). The van der Waals surface area contributed by atoms with E-state index in [9.17, 15) is 9.90 Å². The highest BCUT2D eigenvalue weighted by Crippen LogP contribution is 2.43. The van der Waals surface area contributed by atoms with Gasteiger partial charge in [-0.3, -0.25) is 4.98 Å². The minimum Gasteiger partial charge on any atom is -0.492 e. The van der Waals surface area contributed by atoms with Crippen LogP contribution in [0.5, 0.6) is 5.75 Å². The zero-order chi connectivity index (χ0) is 29.8. The molecular formula is C31H42N6O4. The lowest BCUT2D eigenvalue weighted by molar-refractivity contribution is -0.160. The predicted molar refractivity (Wildman–Crippen MR) is 161 cm³/mol. The monoisotopic (exact) mass is 562 g/mol. The van der Waals surface area contributed by atoms with Gasteiger partial charge in [0.25, 0.3) is 0 Å². The van der Waals surface area contributed by atoms with Gasteiger partial charge in [-0.1, -0.05) is 32.0 Å². The molecule has 0 radical (unpaired) electrons. The first-order valence-electron chi connectivity index (χ1n) is 14.0. The van der Waals surface area contributed by atoms with Crippen LogP contribution < -0.4 is 20.7 Å². The largest absolute Gasteiger partial charge is 0.492 e. The van der Waals surface area contributed by atoms with Crippen molar-refractivity contribution in [3.05, 3.63) is 54.0 Å². The van der Waals surface area contributed by atoms with Crippen LogP contribution in [0.4, 0.5) is 17.2 Å². The molecule has 3 aromatic rings. The summed E-state index contributed by atoms with van der Waals surface area (Å²) in [7, 11) is 0. The molecule has 0 unspecified atom stereocenters. The number of hydrogen-bond donors (Lipinski definition) is 3. The fourth-order valence-electron chi connectivity index (χ4n) is 4.88. The lowest BCUT2D eigenvalue weighted by atomic mass is 9.82. The zero-order valence-corrected chi connectivity index (χ0v) is 24.9. The molecule has 0 bridgehead atoms. The van der Waals surface area contributed by atoms with E-state index in [0.29, 0.717) is 41.5 Å². The number of aliphatic carboxylic acids is 1. The van der Waals surface area contributed by atoms with E-state index in [1.54, 1.807) is 12.4 Å². The lowest BCUT2D eigenvalue weighted by Crippen LogP contribution is -2.39. The van der Waals surface area contributed by atoms with Crippen LogP contribution in [0.15, 0.2) is 42.7 Å². The minimum atomic E-state index is -1.21. The smallest absolute Gasteiger partial charge is 0.337 e. The maximum absolute atomic E-state index is 12.6. The maximum Gasteiger partial charge on any atom is 0.337 e. The second-order valence-electron chi connectivity index (χ2n) is 12.2. The molecule has 3 heterocycles. The quantitative estimate of drug-likeness (QED) is 0.272. The number of nitrogens with two attached hydrogens (primary N) is 1. The number of carbonyl (C=O) groups is 1. The Labute approximate surface area is 242 Å². The average molecular weight is 563 g/mol. The highest BCUT2D eigenvalue weighted by molar-refractivity contribution is 5.85. The number of anilines is 3. The van der Waals surface area contributed by atoms with Gasteiger partial charge < -0.3 is 30.5 Å². The Kier molecular flexibility index (Phi) is 9.01. The molecule has 1 aliphatic rings. The van der Waals surface area contributed by atoms with E-state index in [-0.39, 0.29) is 11.2 Å². The molecule has 0 amide bonds. The van der Waals surface area contributed by atoms with Crippen molar-refractivity contribution in [3.8, 4) is 17.1 Å². The van der Waals surface area contributed by atoms with Crippen molar-refractivity contribution in [2.45, 2.75) is 66.1 Å². The van der Waals surface area contributed by atoms with E-state index < -0.39 is 17.7 Å². The molecule has 1 aliphatic heterocycles. The third-order valence-electron chi connectivity index (χ3n) is 7.17. The molecule has 1 aromatic carbocycles. The Morgan fingerprint density at radius 1 is 1.15 bits per heavy atom. The standard InChI is InChI=1S/C31H42N6O4/c1-20-24(26(29(38)39)41-30(2,3)4)25(37-15-12-31(5,6)13-16-37)22(18-34-20)28-35-19-23(27(32)36-28)33-14-17-40-21-10-8-7-9-11-21/h7-11,18-19,26,33H,12-17H2,1-6H3,(H,38,39)(H2,32,35,36)/t26-/m0/s1. The van der Waals surface area contributed by atoms with Crippen LogP contribution in [0.3, 0.4) is 0 Å². The molecule has 0 saturated carbocycles. The van der Waals surface area contributed by atoms with Gasteiger partial charge in [0, 0.05) is 37.1 Å². The Morgan fingerprint density at radius 2 is 1.83 bits per heavy atom. The van der Waals surface area contributed by atoms with Gasteiger partial charge in [-0.2, -0.15) is 0 Å². The third kappa shape index (κ3) is 7.64. The number of carboxylic acid groups (broad SMARTS) is 1. The van der Waals surface area contributed by atoms with Gasteiger partial charge in [0.05, 0.1) is 28.7 Å². The molecule has 1 fully saturated rings. The summed E-state index contributed by atoms with van der Waals surface area (Å²) in [6.45, 7) is 14.3. The number of benzene rings is 1. The molecule has 1 atom stereocenters. The number of piperidine rings is 1. The summed E-state index contributed by atoms with van der Waals surface area (Å²) in [5.41, 5.74) is 8.94. The Bertz CT molecular complexity index is 1350. The van der Waals surface area contributed by atoms with Crippen LogP contribution in [-0.2, 0) is 9.53 Å². The second-order valence-corrected chi connectivity index (χ2v) is 12.2. The van der Waals surface area contributed by atoms with Gasteiger partial charge >= 0.3 is 5.97 Å². The van der Waals surface area contributed by atoms with E-state index in [1.165, 1.54) is 0 Å². The number of ether oxygens (including phenoxy) is 2. The van der Waals surface area contributed by atoms with Crippen molar-refractivity contribution in [3.63, 3.8) is 0 Å². The number of nitrogen functional groups attached to an aromatic ring is 1. The van der Waals surface area contributed by atoms with Gasteiger partial charge in [0.15, 0.2) is 17.7 Å². The normalized spacial score (nSPS) is 15.8. The fourth-order valence-corrected chi connectivity index (χ4v) is 4.88. The summed E-state index contributed by atoms with van der Waals surface area (Å²) in [6, 6.07) is 9.59. The van der Waals surface area contributed by atoms with Crippen LogP contribution >= 0.6 is 0 Å². The second kappa shape index (κ2) is 12.3. The molecule has 2 aromatic heterocycles. The van der Waals surface area contributed by atoms with E-state index in [0.717, 1.165) is 37.4 Å². The van der Waals surface area contributed by atoms with Crippen LogP contribution in [0.25, 0.3) is 11.4 Å². The number of carboxylic acids is 1. The first-order valence-corrected chi connectivity index (χ1v) is 14.0. The molecule has 0 spiro atoms. The summed E-state index contributed by atoms with van der Waals surface area (Å²) >= 11 is 0. The number of nitrogens with zero attached hydrogens (tertiary/aromatic N) is 4. The van der Waals surface area contributed by atoms with Crippen molar-refractivity contribution in [1.29, 1.82) is 0 Å². The van der Waals surface area contributed by atoms with Gasteiger partial charge in [-0.15, -0.1) is 0 Å². The average Bonchev–Trinajstić information content (AvgIpc) is 2.90. The molecule has 1 saturated heterocycles. The number of para-hydroxylation sites is 1. The van der Waals surface area contributed by atoms with E-state index in [4.69, 9.17) is 15.2 Å². The van der Waals surface area contributed by atoms with Crippen molar-refractivity contribution < 1.29 is 19.4 Å². The summed E-state index contributed by atoms with van der Waals surface area (Å²) in [5, 5.41) is 13.5. The van der Waals surface area contributed by atoms with Crippen molar-refractivity contribution in [2.24, 2.45) is 5.41 Å².